The Morgan fingerprint density at radius 2 is 1.97 bits per heavy atom. The fourth-order valence-corrected chi connectivity index (χ4v) is 2.79. The van der Waals surface area contributed by atoms with Gasteiger partial charge < -0.3 is 24.3 Å². The predicted octanol–water partition coefficient (Wildman–Crippen LogP) is 4.33. The minimum Gasteiger partial charge on any atom is -0.496 e. The molecule has 0 bridgehead atoms. The highest BCUT2D eigenvalue weighted by Crippen LogP contribution is 2.28. The third kappa shape index (κ3) is 4.11. The van der Waals surface area contributed by atoms with Crippen LogP contribution in [0.3, 0.4) is 0 Å². The Kier molecular flexibility index (Phi) is 4.98. The molecule has 0 saturated carbocycles. The number of anilines is 1. The molecule has 4 aromatic rings. The van der Waals surface area contributed by atoms with Crippen molar-refractivity contribution < 1.29 is 23.8 Å². The maximum Gasteiger partial charge on any atom is 0.354 e. The first kappa shape index (κ1) is 18.3. The van der Waals surface area contributed by atoms with E-state index in [0.29, 0.717) is 35.2 Å². The molecule has 2 aromatic carbocycles. The lowest BCUT2D eigenvalue weighted by Gasteiger charge is -2.07. The van der Waals surface area contributed by atoms with Crippen LogP contribution >= 0.6 is 0 Å². The molecule has 0 aliphatic carbocycles. The molecular weight excluding hydrogens is 374 g/mol. The summed E-state index contributed by atoms with van der Waals surface area (Å²) in [5.41, 5.74) is 2.10. The van der Waals surface area contributed by atoms with Gasteiger partial charge in [0.25, 0.3) is 6.01 Å². The highest BCUT2D eigenvalue weighted by atomic mass is 16.5. The van der Waals surface area contributed by atoms with Crippen molar-refractivity contribution in [2.75, 3.05) is 12.4 Å². The van der Waals surface area contributed by atoms with Gasteiger partial charge in [0, 0.05) is 30.4 Å². The average molecular weight is 391 g/mol. The minimum absolute atomic E-state index is 0.0916. The van der Waals surface area contributed by atoms with E-state index in [4.69, 9.17) is 19.0 Å². The van der Waals surface area contributed by atoms with Crippen LogP contribution in [0, 0.1) is 0 Å². The molecule has 0 amide bonds. The van der Waals surface area contributed by atoms with E-state index >= 15 is 0 Å². The van der Waals surface area contributed by atoms with Gasteiger partial charge in [-0.3, -0.25) is 0 Å². The summed E-state index contributed by atoms with van der Waals surface area (Å²) in [6, 6.07) is 16.2. The van der Waals surface area contributed by atoms with Crippen molar-refractivity contribution >= 4 is 23.1 Å². The van der Waals surface area contributed by atoms with Gasteiger partial charge in [0.1, 0.15) is 22.8 Å². The van der Waals surface area contributed by atoms with E-state index in [1.165, 1.54) is 12.3 Å². The van der Waals surface area contributed by atoms with Gasteiger partial charge >= 0.3 is 5.97 Å². The molecule has 0 saturated heterocycles. The summed E-state index contributed by atoms with van der Waals surface area (Å²) < 4.78 is 16.8. The Morgan fingerprint density at radius 3 is 2.79 bits per heavy atom. The molecular formula is C21H17N3O5. The first-order chi connectivity index (χ1) is 14.1. The Balaban J connectivity index is 1.50. The third-order valence-electron chi connectivity index (χ3n) is 4.17. The minimum atomic E-state index is -1.12. The zero-order chi connectivity index (χ0) is 20.2. The quantitative estimate of drug-likeness (QED) is 0.479. The number of fused-ring (bicyclic) bond motifs is 1. The van der Waals surface area contributed by atoms with E-state index in [1.54, 1.807) is 31.4 Å². The Morgan fingerprint density at radius 1 is 1.14 bits per heavy atom. The lowest BCUT2D eigenvalue weighted by Crippen LogP contribution is -2.01. The van der Waals surface area contributed by atoms with Gasteiger partial charge in [0.2, 0.25) is 0 Å². The molecule has 0 aliphatic heterocycles. The molecule has 0 aliphatic rings. The molecule has 8 nitrogen and oxygen atoms in total. The number of carbonyl (C=O) groups is 1. The molecule has 29 heavy (non-hydrogen) atoms. The second kappa shape index (κ2) is 7.89. The zero-order valence-electron chi connectivity index (χ0n) is 15.5. The van der Waals surface area contributed by atoms with Crippen molar-refractivity contribution in [2.24, 2.45) is 0 Å². The summed E-state index contributed by atoms with van der Waals surface area (Å²) in [6.07, 6.45) is 1.38. The second-order valence-electron chi connectivity index (χ2n) is 6.10. The van der Waals surface area contributed by atoms with E-state index in [1.807, 2.05) is 24.3 Å². The lowest BCUT2D eigenvalue weighted by molar-refractivity contribution is 0.0690. The average Bonchev–Trinajstić information content (AvgIpc) is 3.15. The largest absolute Gasteiger partial charge is 0.496 e. The van der Waals surface area contributed by atoms with E-state index in [-0.39, 0.29) is 5.69 Å². The molecule has 0 atom stereocenters. The highest BCUT2D eigenvalue weighted by Gasteiger charge is 2.10. The normalized spacial score (nSPS) is 10.7. The summed E-state index contributed by atoms with van der Waals surface area (Å²) in [6.45, 7) is 0.495. The van der Waals surface area contributed by atoms with Gasteiger partial charge in [-0.1, -0.05) is 18.2 Å². The van der Waals surface area contributed by atoms with Crippen molar-refractivity contribution in [2.45, 2.75) is 6.54 Å². The number of nitrogens with one attached hydrogen (secondary N) is 1. The molecule has 0 unspecified atom stereocenters. The predicted molar refractivity (Wildman–Crippen MR) is 106 cm³/mol. The van der Waals surface area contributed by atoms with Gasteiger partial charge in [-0.25, -0.2) is 9.78 Å². The topological polar surface area (TPSA) is 107 Å². The molecule has 0 radical (unpaired) electrons. The third-order valence-corrected chi connectivity index (χ3v) is 4.17. The van der Waals surface area contributed by atoms with Crippen LogP contribution < -0.4 is 14.8 Å². The monoisotopic (exact) mass is 391 g/mol. The van der Waals surface area contributed by atoms with Crippen LogP contribution in [-0.4, -0.2) is 28.2 Å². The number of oxazole rings is 1. The number of carboxylic acids is 1. The van der Waals surface area contributed by atoms with Crippen LogP contribution in [0.15, 0.2) is 65.2 Å². The molecule has 4 rings (SSSR count). The number of aromatic nitrogens is 2. The van der Waals surface area contributed by atoms with Crippen LogP contribution in [0.4, 0.5) is 6.01 Å². The van der Waals surface area contributed by atoms with Gasteiger partial charge in [-0.05, 0) is 24.3 Å². The number of nitrogens with zero attached hydrogens (tertiary/aromatic N) is 2. The summed E-state index contributed by atoms with van der Waals surface area (Å²) in [5, 5.41) is 12.2. The van der Waals surface area contributed by atoms with Crippen molar-refractivity contribution in [1.82, 2.24) is 9.97 Å². The van der Waals surface area contributed by atoms with Crippen molar-refractivity contribution in [3.8, 4) is 17.2 Å². The first-order valence-electron chi connectivity index (χ1n) is 8.76. The fourth-order valence-electron chi connectivity index (χ4n) is 2.79. The Bertz CT molecular complexity index is 1170. The molecule has 8 heteroatoms. The van der Waals surface area contributed by atoms with Crippen molar-refractivity contribution in [3.63, 3.8) is 0 Å². The number of methoxy groups -OCH3 is 1. The van der Waals surface area contributed by atoms with Crippen LogP contribution in [-0.2, 0) is 6.54 Å². The van der Waals surface area contributed by atoms with Gasteiger partial charge in [0.05, 0.1) is 7.11 Å². The molecule has 146 valence electrons. The highest BCUT2D eigenvalue weighted by molar-refractivity contribution is 5.85. The van der Waals surface area contributed by atoms with Crippen molar-refractivity contribution in [1.29, 1.82) is 0 Å². The van der Waals surface area contributed by atoms with E-state index in [0.717, 1.165) is 11.3 Å². The lowest BCUT2D eigenvalue weighted by atomic mass is 10.2. The summed E-state index contributed by atoms with van der Waals surface area (Å²) in [5.74, 6) is 0.523. The smallest absolute Gasteiger partial charge is 0.354 e. The van der Waals surface area contributed by atoms with E-state index in [9.17, 15) is 4.79 Å². The number of para-hydroxylation sites is 1. The number of rotatable bonds is 7. The van der Waals surface area contributed by atoms with Crippen LogP contribution in [0.5, 0.6) is 17.2 Å². The SMILES string of the molecule is COc1ccccc1CNc1nc2ccc(Oc3ccnc(C(=O)O)c3)cc2o1. The molecule has 2 heterocycles. The number of carboxylic acid groups (broad SMARTS) is 1. The summed E-state index contributed by atoms with van der Waals surface area (Å²) >= 11 is 0. The number of aromatic carboxylic acids is 1. The number of ether oxygens (including phenoxy) is 2. The summed E-state index contributed by atoms with van der Waals surface area (Å²) in [4.78, 5) is 19.2. The van der Waals surface area contributed by atoms with Gasteiger partial charge in [0.15, 0.2) is 11.3 Å². The molecule has 0 fully saturated rings. The van der Waals surface area contributed by atoms with Crippen LogP contribution in [0.1, 0.15) is 16.1 Å². The number of hydrogen-bond donors (Lipinski definition) is 2. The van der Waals surface area contributed by atoms with Gasteiger partial charge in [-0.15, -0.1) is 0 Å². The van der Waals surface area contributed by atoms with Gasteiger partial charge in [-0.2, -0.15) is 4.98 Å². The fraction of sp³-hybridized carbons (Fsp3) is 0.0952. The zero-order valence-corrected chi connectivity index (χ0v) is 15.5. The first-order valence-corrected chi connectivity index (χ1v) is 8.76. The maximum absolute atomic E-state index is 11.0. The molecule has 0 spiro atoms. The number of hydrogen-bond acceptors (Lipinski definition) is 7. The van der Waals surface area contributed by atoms with E-state index < -0.39 is 5.97 Å². The van der Waals surface area contributed by atoms with Crippen LogP contribution in [0.2, 0.25) is 0 Å². The number of benzene rings is 2. The molecule has 2 N–H and O–H groups in total. The standard InChI is InChI=1S/C21H17N3O5/c1-27-18-5-3-2-4-13(18)12-23-21-24-16-7-6-14(11-19(16)29-21)28-15-8-9-22-17(10-15)20(25)26/h2-11H,12H2,1H3,(H,23,24)(H,25,26). The number of pyridine rings is 1. The second-order valence-corrected chi connectivity index (χ2v) is 6.10. The maximum atomic E-state index is 11.0. The van der Waals surface area contributed by atoms with Crippen LogP contribution in [0.25, 0.3) is 11.1 Å². The Hall–Kier alpha value is -4.07. The summed E-state index contributed by atoms with van der Waals surface area (Å²) in [7, 11) is 1.63. The van der Waals surface area contributed by atoms with E-state index in [2.05, 4.69) is 15.3 Å². The van der Waals surface area contributed by atoms with Crippen molar-refractivity contribution in [3.05, 3.63) is 72.1 Å². The Labute approximate surface area is 165 Å². The molecule has 2 aromatic heterocycles.